The van der Waals surface area contributed by atoms with Crippen molar-refractivity contribution in [1.82, 2.24) is 0 Å². The average Bonchev–Trinajstić information content (AvgIpc) is 2.30. The van der Waals surface area contributed by atoms with Gasteiger partial charge in [-0.25, -0.2) is 0 Å². The van der Waals surface area contributed by atoms with Crippen LogP contribution in [0.4, 0.5) is 0 Å². The Morgan fingerprint density at radius 1 is 1.25 bits per heavy atom. The van der Waals surface area contributed by atoms with Gasteiger partial charge in [0.05, 0.1) is 20.1 Å². The third-order valence-electron chi connectivity index (χ3n) is 2.41. The molecule has 3 nitrogen and oxygen atoms in total. The minimum absolute atomic E-state index is 0. The summed E-state index contributed by atoms with van der Waals surface area (Å²) in [5, 5.41) is 0. The van der Waals surface area contributed by atoms with Gasteiger partial charge in [-0.3, -0.25) is 4.79 Å². The first-order valence-corrected chi connectivity index (χ1v) is 4.94. The van der Waals surface area contributed by atoms with Gasteiger partial charge in [-0.05, 0) is 24.1 Å². The lowest BCUT2D eigenvalue weighted by molar-refractivity contribution is -0.142. The van der Waals surface area contributed by atoms with E-state index in [2.05, 4.69) is 0 Å². The second kappa shape index (κ2) is 7.12. The number of carbonyl (C=O) groups excluding carboxylic acids is 1. The normalized spacial score (nSPS) is 11.2. The third kappa shape index (κ3) is 3.42. The van der Waals surface area contributed by atoms with E-state index < -0.39 is 0 Å². The molecule has 1 unspecified atom stereocenters. The van der Waals surface area contributed by atoms with Crippen molar-refractivity contribution in [3.8, 4) is 5.75 Å². The molecule has 0 bridgehead atoms. The topological polar surface area (TPSA) is 35.5 Å². The van der Waals surface area contributed by atoms with Crippen LogP contribution in [0.1, 0.15) is 24.8 Å². The molecule has 0 aliphatic heterocycles. The third-order valence-corrected chi connectivity index (χ3v) is 2.41. The summed E-state index contributed by atoms with van der Waals surface area (Å²) < 4.78 is 9.80. The number of carbonyl (C=O) groups is 1. The molecule has 1 atom stereocenters. The summed E-state index contributed by atoms with van der Waals surface area (Å²) in [7, 11) is 3.03. The number of esters is 1. The zero-order valence-corrected chi connectivity index (χ0v) is 10.5. The quantitative estimate of drug-likeness (QED) is 0.764. The Labute approximate surface area is 102 Å². The molecule has 0 heterocycles. The lowest BCUT2D eigenvalue weighted by Gasteiger charge is -2.12. The van der Waals surface area contributed by atoms with Gasteiger partial charge in [0.25, 0.3) is 0 Å². The molecule has 4 heteroatoms. The Bertz CT molecular complexity index is 322. The molecule has 0 saturated carbocycles. The minimum atomic E-state index is -0.192. The molecule has 1 aromatic carbocycles. The summed E-state index contributed by atoms with van der Waals surface area (Å²) in [5.41, 5.74) is 0.963. The van der Waals surface area contributed by atoms with Crippen molar-refractivity contribution < 1.29 is 14.3 Å². The highest BCUT2D eigenvalue weighted by atomic mass is 35.5. The number of halogens is 1. The van der Waals surface area contributed by atoms with E-state index in [0.717, 1.165) is 17.7 Å². The fourth-order valence-electron chi connectivity index (χ4n) is 1.52. The molecule has 0 aliphatic rings. The largest absolute Gasteiger partial charge is 0.497 e. The second-order valence-electron chi connectivity index (χ2n) is 3.26. The number of rotatable bonds is 4. The van der Waals surface area contributed by atoms with Crippen LogP contribution in [0, 0.1) is 0 Å². The summed E-state index contributed by atoms with van der Waals surface area (Å²) in [6.07, 6.45) is 0.735. The van der Waals surface area contributed by atoms with Gasteiger partial charge in [-0.2, -0.15) is 0 Å². The molecule has 0 saturated heterocycles. The Hall–Kier alpha value is -1.22. The maximum absolute atomic E-state index is 11.4. The van der Waals surface area contributed by atoms with Crippen molar-refractivity contribution in [3.05, 3.63) is 29.8 Å². The second-order valence-corrected chi connectivity index (χ2v) is 3.26. The number of hydrogen-bond acceptors (Lipinski definition) is 3. The van der Waals surface area contributed by atoms with E-state index in [1.165, 1.54) is 7.11 Å². The first kappa shape index (κ1) is 14.8. The van der Waals surface area contributed by atoms with Gasteiger partial charge >= 0.3 is 5.97 Å². The van der Waals surface area contributed by atoms with Gasteiger partial charge in [-0.1, -0.05) is 19.1 Å². The van der Waals surface area contributed by atoms with Crippen LogP contribution in [-0.4, -0.2) is 20.2 Å². The molecular formula is C12H17ClO3. The number of benzene rings is 1. The predicted octanol–water partition coefficient (Wildman–Crippen LogP) is 2.78. The highest BCUT2D eigenvalue weighted by Gasteiger charge is 2.18. The zero-order valence-electron chi connectivity index (χ0n) is 9.73. The van der Waals surface area contributed by atoms with Crippen molar-refractivity contribution in [2.24, 2.45) is 0 Å². The molecule has 90 valence electrons. The Kier molecular flexibility index (Phi) is 6.58. The maximum atomic E-state index is 11.4. The van der Waals surface area contributed by atoms with Crippen molar-refractivity contribution >= 4 is 18.4 Å². The Morgan fingerprint density at radius 2 is 1.81 bits per heavy atom. The first-order valence-electron chi connectivity index (χ1n) is 4.94. The minimum Gasteiger partial charge on any atom is -0.497 e. The standard InChI is InChI=1S/C12H16O3.ClH/c1-4-11(12(13)15-3)9-5-7-10(14-2)8-6-9;/h5-8,11H,4H2,1-3H3;1H. The maximum Gasteiger partial charge on any atom is 0.313 e. The molecule has 0 aliphatic carbocycles. The van der Waals surface area contributed by atoms with Crippen molar-refractivity contribution in [3.63, 3.8) is 0 Å². The summed E-state index contributed by atoms with van der Waals surface area (Å²) >= 11 is 0. The van der Waals surface area contributed by atoms with Gasteiger partial charge in [0.2, 0.25) is 0 Å². The molecule has 0 fully saturated rings. The molecule has 0 amide bonds. The smallest absolute Gasteiger partial charge is 0.313 e. The SMILES string of the molecule is CCC(C(=O)OC)c1ccc(OC)cc1.Cl. The number of hydrogen-bond donors (Lipinski definition) is 0. The van der Waals surface area contributed by atoms with Crippen LogP contribution in [-0.2, 0) is 9.53 Å². The first-order chi connectivity index (χ1) is 7.22. The lowest BCUT2D eigenvalue weighted by Crippen LogP contribution is -2.13. The van der Waals surface area contributed by atoms with Crippen molar-refractivity contribution in [2.45, 2.75) is 19.3 Å². The predicted molar refractivity (Wildman–Crippen MR) is 65.3 cm³/mol. The summed E-state index contributed by atoms with van der Waals surface area (Å²) in [5.74, 6) is 0.419. The Morgan fingerprint density at radius 3 is 2.19 bits per heavy atom. The Balaban J connectivity index is 0.00000225. The van der Waals surface area contributed by atoms with Gasteiger partial charge in [0.15, 0.2) is 0 Å². The summed E-state index contributed by atoms with van der Waals surface area (Å²) in [6.45, 7) is 1.96. The fraction of sp³-hybridized carbons (Fsp3) is 0.417. The molecule has 0 aromatic heterocycles. The van der Waals surface area contributed by atoms with Crippen LogP contribution in [0.3, 0.4) is 0 Å². The molecule has 0 N–H and O–H groups in total. The fourth-order valence-corrected chi connectivity index (χ4v) is 1.52. The lowest BCUT2D eigenvalue weighted by atomic mass is 9.97. The molecule has 1 aromatic rings. The van der Waals surface area contributed by atoms with E-state index in [0.29, 0.717) is 0 Å². The van der Waals surface area contributed by atoms with Crippen molar-refractivity contribution in [1.29, 1.82) is 0 Å². The van der Waals surface area contributed by atoms with Crippen LogP contribution >= 0.6 is 12.4 Å². The van der Waals surface area contributed by atoms with Crippen LogP contribution in [0.5, 0.6) is 5.75 Å². The van der Waals surface area contributed by atoms with Gasteiger partial charge < -0.3 is 9.47 Å². The molecule has 16 heavy (non-hydrogen) atoms. The van der Waals surface area contributed by atoms with Gasteiger partial charge in [0.1, 0.15) is 5.75 Å². The van der Waals surface area contributed by atoms with Gasteiger partial charge in [-0.15, -0.1) is 12.4 Å². The highest BCUT2D eigenvalue weighted by molar-refractivity contribution is 5.85. The molecule has 0 spiro atoms. The van der Waals surface area contributed by atoms with Crippen LogP contribution in [0.25, 0.3) is 0 Å². The summed E-state index contributed by atoms with van der Waals surface area (Å²) in [4.78, 5) is 11.4. The van der Waals surface area contributed by atoms with Crippen LogP contribution in [0.2, 0.25) is 0 Å². The van der Waals surface area contributed by atoms with E-state index in [9.17, 15) is 4.79 Å². The van der Waals surface area contributed by atoms with E-state index in [-0.39, 0.29) is 24.3 Å². The molecule has 0 radical (unpaired) electrons. The van der Waals surface area contributed by atoms with E-state index in [4.69, 9.17) is 9.47 Å². The average molecular weight is 245 g/mol. The van der Waals surface area contributed by atoms with Crippen LogP contribution < -0.4 is 4.74 Å². The van der Waals surface area contributed by atoms with Gasteiger partial charge in [0, 0.05) is 0 Å². The van der Waals surface area contributed by atoms with Crippen molar-refractivity contribution in [2.75, 3.05) is 14.2 Å². The zero-order chi connectivity index (χ0) is 11.3. The summed E-state index contributed by atoms with van der Waals surface area (Å²) in [6, 6.07) is 7.48. The number of methoxy groups -OCH3 is 2. The van der Waals surface area contributed by atoms with Crippen LogP contribution in [0.15, 0.2) is 24.3 Å². The highest BCUT2D eigenvalue weighted by Crippen LogP contribution is 2.23. The number of ether oxygens (including phenoxy) is 2. The van der Waals surface area contributed by atoms with E-state index in [1.807, 2.05) is 31.2 Å². The van der Waals surface area contributed by atoms with E-state index in [1.54, 1.807) is 7.11 Å². The molecule has 1 rings (SSSR count). The monoisotopic (exact) mass is 244 g/mol. The molecular weight excluding hydrogens is 228 g/mol. The van der Waals surface area contributed by atoms with E-state index >= 15 is 0 Å².